The van der Waals surface area contributed by atoms with Gasteiger partial charge in [-0.2, -0.15) is 14.7 Å². The topological polar surface area (TPSA) is 77.1 Å². The number of anilines is 1. The fraction of sp³-hybridized carbons (Fsp3) is 0.0588. The van der Waals surface area contributed by atoms with Gasteiger partial charge in [-0.1, -0.05) is 0 Å². The van der Waals surface area contributed by atoms with Gasteiger partial charge in [0, 0.05) is 37.1 Å². The zero-order valence-electron chi connectivity index (χ0n) is 13.5. The number of amides is 1. The highest BCUT2D eigenvalue weighted by atomic mass is 19.1. The van der Waals surface area contributed by atoms with Crippen molar-refractivity contribution in [3.63, 3.8) is 0 Å². The second-order valence-corrected chi connectivity index (χ2v) is 5.57. The van der Waals surface area contributed by atoms with Gasteiger partial charge in [-0.25, -0.2) is 13.8 Å². The molecule has 9 heteroatoms. The Hall–Kier alpha value is -3.62. The minimum Gasteiger partial charge on any atom is -0.306 e. The fourth-order valence-electron chi connectivity index (χ4n) is 2.65. The molecule has 0 saturated heterocycles. The molecular weight excluding hydrogens is 342 g/mol. The predicted molar refractivity (Wildman–Crippen MR) is 89.5 cm³/mol. The summed E-state index contributed by atoms with van der Waals surface area (Å²) in [4.78, 5) is 16.9. The van der Waals surface area contributed by atoms with Crippen molar-refractivity contribution < 1.29 is 13.6 Å². The van der Waals surface area contributed by atoms with Crippen molar-refractivity contribution in [2.45, 2.75) is 0 Å². The highest BCUT2D eigenvalue weighted by molar-refractivity contribution is 6.07. The molecule has 4 rings (SSSR count). The molecule has 3 aromatic heterocycles. The van der Waals surface area contributed by atoms with Crippen molar-refractivity contribution in [1.82, 2.24) is 24.4 Å². The summed E-state index contributed by atoms with van der Waals surface area (Å²) in [5, 5.41) is 11.0. The fourth-order valence-corrected chi connectivity index (χ4v) is 2.65. The quantitative estimate of drug-likeness (QED) is 0.614. The molecule has 4 aromatic rings. The Labute approximate surface area is 145 Å². The van der Waals surface area contributed by atoms with Crippen LogP contribution in [0.4, 0.5) is 14.6 Å². The van der Waals surface area contributed by atoms with E-state index in [2.05, 4.69) is 20.5 Å². The van der Waals surface area contributed by atoms with Crippen LogP contribution >= 0.6 is 0 Å². The highest BCUT2D eigenvalue weighted by Crippen LogP contribution is 2.26. The van der Waals surface area contributed by atoms with Crippen LogP contribution in [-0.2, 0) is 7.05 Å². The number of aromatic nitrogens is 5. The lowest BCUT2D eigenvalue weighted by Gasteiger charge is -2.07. The lowest BCUT2D eigenvalue weighted by Crippen LogP contribution is -2.15. The smallest absolute Gasteiger partial charge is 0.260 e. The van der Waals surface area contributed by atoms with E-state index in [4.69, 9.17) is 0 Å². The van der Waals surface area contributed by atoms with E-state index in [1.807, 2.05) is 0 Å². The number of nitrogens with zero attached hydrogens (tertiary/aromatic N) is 5. The molecule has 7 nitrogen and oxygen atoms in total. The van der Waals surface area contributed by atoms with E-state index in [1.165, 1.54) is 27.7 Å². The van der Waals surface area contributed by atoms with E-state index in [0.29, 0.717) is 11.5 Å². The maximum absolute atomic E-state index is 14.1. The molecule has 0 saturated carbocycles. The lowest BCUT2D eigenvalue weighted by atomic mass is 10.1. The van der Waals surface area contributed by atoms with Crippen LogP contribution in [-0.4, -0.2) is 30.3 Å². The number of nitrogens with one attached hydrogen (secondary N) is 1. The molecule has 130 valence electrons. The van der Waals surface area contributed by atoms with Crippen molar-refractivity contribution in [1.29, 1.82) is 0 Å². The SMILES string of the molecule is Cn1cc(C(=O)Nc2ccnc3ccnn23)c(-c2ccc(F)cc2F)n1. The average Bonchev–Trinajstić information content (AvgIpc) is 3.22. The third kappa shape index (κ3) is 2.69. The Morgan fingerprint density at radius 3 is 2.81 bits per heavy atom. The normalized spacial score (nSPS) is 11.0. The molecule has 0 bridgehead atoms. The Morgan fingerprint density at radius 1 is 1.15 bits per heavy atom. The zero-order chi connectivity index (χ0) is 18.3. The van der Waals surface area contributed by atoms with Crippen LogP contribution in [0.1, 0.15) is 10.4 Å². The van der Waals surface area contributed by atoms with E-state index in [1.54, 1.807) is 25.4 Å². The Balaban J connectivity index is 1.74. The first-order valence-corrected chi connectivity index (χ1v) is 7.62. The summed E-state index contributed by atoms with van der Waals surface area (Å²) >= 11 is 0. The molecule has 3 heterocycles. The van der Waals surface area contributed by atoms with Gasteiger partial charge >= 0.3 is 0 Å². The third-order valence-corrected chi connectivity index (χ3v) is 3.79. The maximum Gasteiger partial charge on any atom is 0.260 e. The molecule has 0 aliphatic carbocycles. The molecule has 0 fully saturated rings. The molecule has 1 aromatic carbocycles. The van der Waals surface area contributed by atoms with Crippen LogP contribution in [0.5, 0.6) is 0 Å². The number of carbonyl (C=O) groups excluding carboxylic acids is 1. The minimum atomic E-state index is -0.795. The first-order chi connectivity index (χ1) is 12.5. The number of hydrogen-bond acceptors (Lipinski definition) is 4. The third-order valence-electron chi connectivity index (χ3n) is 3.79. The van der Waals surface area contributed by atoms with Crippen LogP contribution in [0.15, 0.2) is 48.9 Å². The van der Waals surface area contributed by atoms with Gasteiger partial charge in [0.15, 0.2) is 5.65 Å². The van der Waals surface area contributed by atoms with Crippen molar-refractivity contribution in [2.75, 3.05) is 5.32 Å². The number of fused-ring (bicyclic) bond motifs is 1. The van der Waals surface area contributed by atoms with Gasteiger partial charge in [-0.05, 0) is 18.2 Å². The summed E-state index contributed by atoms with van der Waals surface area (Å²) < 4.78 is 30.2. The van der Waals surface area contributed by atoms with E-state index < -0.39 is 17.5 Å². The maximum atomic E-state index is 14.1. The van der Waals surface area contributed by atoms with Crippen LogP contribution < -0.4 is 5.32 Å². The van der Waals surface area contributed by atoms with Gasteiger partial charge in [0.05, 0.1) is 11.8 Å². The van der Waals surface area contributed by atoms with Gasteiger partial charge in [-0.15, -0.1) is 0 Å². The molecule has 0 aliphatic heterocycles. The molecule has 0 spiro atoms. The Kier molecular flexibility index (Phi) is 3.68. The van der Waals surface area contributed by atoms with Crippen molar-refractivity contribution in [3.05, 3.63) is 66.1 Å². The number of halogens is 2. The van der Waals surface area contributed by atoms with Crippen molar-refractivity contribution in [2.24, 2.45) is 7.05 Å². The number of benzene rings is 1. The molecule has 1 N–H and O–H groups in total. The standard InChI is InChI=1S/C17H12F2N6O/c1-24-9-12(16(23-24)11-3-2-10(18)8-13(11)19)17(26)22-15-4-6-20-14-5-7-21-25(14)15/h2-9H,1H3,(H,22,26). The summed E-state index contributed by atoms with van der Waals surface area (Å²) in [5.41, 5.74) is 0.873. The van der Waals surface area contributed by atoms with Gasteiger partial charge in [0.1, 0.15) is 23.1 Å². The summed E-state index contributed by atoms with van der Waals surface area (Å²) in [6.45, 7) is 0. The van der Waals surface area contributed by atoms with Crippen LogP contribution in [0.2, 0.25) is 0 Å². The van der Waals surface area contributed by atoms with E-state index in [-0.39, 0.29) is 16.8 Å². The molecule has 26 heavy (non-hydrogen) atoms. The van der Waals surface area contributed by atoms with E-state index in [9.17, 15) is 13.6 Å². The molecule has 1 amide bonds. The van der Waals surface area contributed by atoms with Gasteiger partial charge in [0.25, 0.3) is 5.91 Å². The highest BCUT2D eigenvalue weighted by Gasteiger charge is 2.21. The Morgan fingerprint density at radius 2 is 2.00 bits per heavy atom. The van der Waals surface area contributed by atoms with Gasteiger partial charge in [-0.3, -0.25) is 9.48 Å². The first-order valence-electron chi connectivity index (χ1n) is 7.62. The number of hydrogen-bond donors (Lipinski definition) is 1. The molecule has 0 unspecified atom stereocenters. The molecule has 0 aliphatic rings. The second-order valence-electron chi connectivity index (χ2n) is 5.57. The Bertz CT molecular complexity index is 1130. The summed E-state index contributed by atoms with van der Waals surface area (Å²) in [6.07, 6.45) is 4.56. The van der Waals surface area contributed by atoms with Crippen LogP contribution in [0.3, 0.4) is 0 Å². The largest absolute Gasteiger partial charge is 0.306 e. The monoisotopic (exact) mass is 354 g/mol. The second kappa shape index (κ2) is 6.03. The number of aryl methyl sites for hydroxylation is 1. The molecule has 0 atom stereocenters. The minimum absolute atomic E-state index is 0.0381. The average molecular weight is 354 g/mol. The van der Waals surface area contributed by atoms with Gasteiger partial charge in [0.2, 0.25) is 0 Å². The number of rotatable bonds is 3. The molecular formula is C17H12F2N6O. The number of carbonyl (C=O) groups is 1. The molecule has 0 radical (unpaired) electrons. The first kappa shape index (κ1) is 15.9. The zero-order valence-corrected chi connectivity index (χ0v) is 13.5. The predicted octanol–water partition coefficient (Wildman–Crippen LogP) is 2.66. The summed E-state index contributed by atoms with van der Waals surface area (Å²) in [6, 6.07) is 6.40. The van der Waals surface area contributed by atoms with Crippen molar-refractivity contribution >= 4 is 17.4 Å². The van der Waals surface area contributed by atoms with Crippen LogP contribution in [0.25, 0.3) is 16.9 Å². The lowest BCUT2D eigenvalue weighted by molar-refractivity contribution is 0.102. The van der Waals surface area contributed by atoms with E-state index in [0.717, 1.165) is 12.1 Å². The van der Waals surface area contributed by atoms with Crippen LogP contribution in [0, 0.1) is 11.6 Å². The van der Waals surface area contributed by atoms with Crippen molar-refractivity contribution in [3.8, 4) is 11.3 Å². The van der Waals surface area contributed by atoms with E-state index >= 15 is 0 Å². The van der Waals surface area contributed by atoms with Gasteiger partial charge < -0.3 is 5.32 Å². The summed E-state index contributed by atoms with van der Waals surface area (Å²) in [7, 11) is 1.61. The summed E-state index contributed by atoms with van der Waals surface area (Å²) in [5.74, 6) is -1.60.